The highest BCUT2D eigenvalue weighted by molar-refractivity contribution is 7.12. The van der Waals surface area contributed by atoms with Crippen molar-refractivity contribution in [3.8, 4) is 17.2 Å². The minimum atomic E-state index is -0.147. The molecule has 0 fully saturated rings. The number of thiophene rings is 1. The molecule has 0 atom stereocenters. The molecule has 0 radical (unpaired) electrons. The van der Waals surface area contributed by atoms with Gasteiger partial charge in [0.25, 0.3) is 5.91 Å². The molecule has 0 spiro atoms. The average molecular weight is 481 g/mol. The van der Waals surface area contributed by atoms with E-state index in [1.165, 1.54) is 17.4 Å². The number of nitrogens with one attached hydrogen (secondary N) is 2. The molecule has 0 bridgehead atoms. The van der Waals surface area contributed by atoms with Gasteiger partial charge in [-0.05, 0) is 73.5 Å². The van der Waals surface area contributed by atoms with Gasteiger partial charge in [-0.15, -0.1) is 11.3 Å². The van der Waals surface area contributed by atoms with Crippen molar-refractivity contribution in [2.75, 3.05) is 10.6 Å². The lowest BCUT2D eigenvalue weighted by Crippen LogP contribution is -2.22. The second-order valence-corrected chi connectivity index (χ2v) is 9.36. The molecule has 0 saturated carbocycles. The summed E-state index contributed by atoms with van der Waals surface area (Å²) in [6.45, 7) is 7.94. The van der Waals surface area contributed by atoms with Gasteiger partial charge in [0.2, 0.25) is 5.91 Å². The summed E-state index contributed by atoms with van der Waals surface area (Å²) in [4.78, 5) is 25.8. The molecule has 2 aromatic carbocycles. The predicted octanol–water partition coefficient (Wildman–Crippen LogP) is 7.27. The van der Waals surface area contributed by atoms with Gasteiger partial charge < -0.3 is 20.5 Å². The summed E-state index contributed by atoms with van der Waals surface area (Å²) in [5.74, 6) is 0.831. The molecule has 0 aliphatic heterocycles. The molecule has 0 saturated heterocycles. The van der Waals surface area contributed by atoms with Gasteiger partial charge in [0, 0.05) is 17.7 Å². The minimum absolute atomic E-state index is 0.00692. The number of aryl methyl sites for hydroxylation is 2. The highest BCUT2D eigenvalue weighted by atomic mass is 32.1. The summed E-state index contributed by atoms with van der Waals surface area (Å²) >= 11 is 1.39. The van der Waals surface area contributed by atoms with E-state index >= 15 is 0 Å². The summed E-state index contributed by atoms with van der Waals surface area (Å²) in [5.41, 5.74) is 2.73. The summed E-state index contributed by atoms with van der Waals surface area (Å²) < 4.78 is 6.13. The van der Waals surface area contributed by atoms with Crippen LogP contribution in [0.5, 0.6) is 17.2 Å². The van der Waals surface area contributed by atoms with E-state index < -0.39 is 0 Å². The maximum Gasteiger partial charge on any atom is 0.265 e. The highest BCUT2D eigenvalue weighted by Crippen LogP contribution is 2.35. The third kappa shape index (κ3) is 6.38. The number of hydrogen-bond donors (Lipinski definition) is 3. The van der Waals surface area contributed by atoms with Gasteiger partial charge in [-0.3, -0.25) is 9.59 Å². The molecule has 0 aliphatic rings. The zero-order chi connectivity index (χ0) is 24.7. The van der Waals surface area contributed by atoms with Crippen molar-refractivity contribution in [3.05, 3.63) is 63.8 Å². The molecule has 2 amide bonds. The lowest BCUT2D eigenvalue weighted by atomic mass is 9.97. The lowest BCUT2D eigenvalue weighted by Gasteiger charge is -2.18. The van der Waals surface area contributed by atoms with Crippen LogP contribution in [0, 0.1) is 19.8 Å². The summed E-state index contributed by atoms with van der Waals surface area (Å²) in [6.07, 6.45) is 3.47. The number of rotatable bonds is 10. The third-order valence-corrected chi connectivity index (χ3v) is 6.42. The first-order valence-electron chi connectivity index (χ1n) is 11.6. The zero-order valence-electron chi connectivity index (χ0n) is 20.1. The van der Waals surface area contributed by atoms with Gasteiger partial charge in [-0.2, -0.15) is 0 Å². The lowest BCUT2D eigenvalue weighted by molar-refractivity contribution is -0.120. The number of anilines is 2. The van der Waals surface area contributed by atoms with E-state index in [9.17, 15) is 14.7 Å². The molecule has 180 valence electrons. The van der Waals surface area contributed by atoms with E-state index in [1.807, 2.05) is 37.4 Å². The van der Waals surface area contributed by atoms with Crippen LogP contribution in [0.25, 0.3) is 0 Å². The monoisotopic (exact) mass is 480 g/mol. The van der Waals surface area contributed by atoms with Crippen molar-refractivity contribution >= 4 is 34.5 Å². The average Bonchev–Trinajstić information content (AvgIpc) is 3.33. The molecule has 6 nitrogen and oxygen atoms in total. The van der Waals surface area contributed by atoms with Crippen LogP contribution >= 0.6 is 11.3 Å². The van der Waals surface area contributed by atoms with Crippen LogP contribution in [-0.2, 0) is 4.79 Å². The van der Waals surface area contributed by atoms with E-state index in [1.54, 1.807) is 18.2 Å². The Morgan fingerprint density at radius 3 is 2.26 bits per heavy atom. The van der Waals surface area contributed by atoms with Crippen LogP contribution in [0.3, 0.4) is 0 Å². The fourth-order valence-electron chi connectivity index (χ4n) is 3.92. The van der Waals surface area contributed by atoms with E-state index in [4.69, 9.17) is 4.74 Å². The van der Waals surface area contributed by atoms with Gasteiger partial charge in [-0.25, -0.2) is 0 Å². The highest BCUT2D eigenvalue weighted by Gasteiger charge is 2.19. The smallest absolute Gasteiger partial charge is 0.265 e. The molecule has 3 rings (SSSR count). The predicted molar refractivity (Wildman–Crippen MR) is 138 cm³/mol. The normalized spacial score (nSPS) is 10.9. The van der Waals surface area contributed by atoms with Crippen molar-refractivity contribution in [1.82, 2.24) is 0 Å². The molecule has 1 aromatic heterocycles. The second kappa shape index (κ2) is 11.7. The van der Waals surface area contributed by atoms with Gasteiger partial charge in [-0.1, -0.05) is 32.8 Å². The maximum atomic E-state index is 12.7. The van der Waals surface area contributed by atoms with Crippen molar-refractivity contribution in [2.24, 2.45) is 5.92 Å². The van der Waals surface area contributed by atoms with Crippen LogP contribution in [0.1, 0.15) is 60.3 Å². The molecule has 34 heavy (non-hydrogen) atoms. The van der Waals surface area contributed by atoms with Crippen LogP contribution in [0.2, 0.25) is 0 Å². The Balaban J connectivity index is 1.76. The van der Waals surface area contributed by atoms with Crippen molar-refractivity contribution < 1.29 is 19.4 Å². The van der Waals surface area contributed by atoms with Crippen LogP contribution in [0.4, 0.5) is 11.4 Å². The number of phenols is 1. The maximum absolute atomic E-state index is 12.7. The molecular formula is C27H32N2O4S. The van der Waals surface area contributed by atoms with Gasteiger partial charge in [0.15, 0.2) is 0 Å². The Labute approximate surface area is 205 Å². The Hall–Kier alpha value is -3.32. The molecule has 0 aliphatic carbocycles. The van der Waals surface area contributed by atoms with E-state index in [-0.39, 0.29) is 23.5 Å². The molecule has 7 heteroatoms. The van der Waals surface area contributed by atoms with E-state index in [0.29, 0.717) is 27.8 Å². The number of carbonyl (C=O) groups excluding carboxylic acids is 2. The first-order chi connectivity index (χ1) is 16.3. The molecule has 1 heterocycles. The fourth-order valence-corrected chi connectivity index (χ4v) is 4.54. The first kappa shape index (κ1) is 25.3. The van der Waals surface area contributed by atoms with Gasteiger partial charge >= 0.3 is 0 Å². The fraction of sp³-hybridized carbons (Fsp3) is 0.333. The molecule has 3 N–H and O–H groups in total. The topological polar surface area (TPSA) is 87.7 Å². The van der Waals surface area contributed by atoms with Gasteiger partial charge in [0.05, 0.1) is 10.6 Å². The molecule has 3 aromatic rings. The van der Waals surface area contributed by atoms with Crippen LogP contribution in [0.15, 0.2) is 47.8 Å². The number of phenolic OH excluding ortho intramolecular Hbond substituents is 1. The third-order valence-electron chi connectivity index (χ3n) is 5.55. The van der Waals surface area contributed by atoms with Crippen LogP contribution < -0.4 is 15.4 Å². The SMILES string of the molecule is CCCC(CCC)C(=O)Nc1cc(Oc2c(C)cc(NC(=O)c3cccs3)cc2C)ccc1O. The minimum Gasteiger partial charge on any atom is -0.506 e. The van der Waals surface area contributed by atoms with Crippen LogP contribution in [-0.4, -0.2) is 16.9 Å². The Bertz CT molecular complexity index is 1110. The Morgan fingerprint density at radius 1 is 1.00 bits per heavy atom. The largest absolute Gasteiger partial charge is 0.506 e. The van der Waals surface area contributed by atoms with E-state index in [0.717, 1.165) is 36.8 Å². The number of aromatic hydroxyl groups is 1. The van der Waals surface area contributed by atoms with E-state index in [2.05, 4.69) is 24.5 Å². The van der Waals surface area contributed by atoms with Crippen molar-refractivity contribution in [3.63, 3.8) is 0 Å². The number of ether oxygens (including phenoxy) is 1. The molecular weight excluding hydrogens is 448 g/mol. The quantitative estimate of drug-likeness (QED) is 0.266. The number of hydrogen-bond acceptors (Lipinski definition) is 5. The molecule has 0 unspecified atom stereocenters. The first-order valence-corrected chi connectivity index (χ1v) is 12.5. The standard InChI is InChI=1S/C27H32N2O4S/c1-5-8-19(9-6-2)26(31)29-22-16-21(11-12-23(22)30)33-25-17(3)14-20(15-18(25)4)28-27(32)24-10-7-13-34-24/h7,10-16,19,30H,5-6,8-9H2,1-4H3,(H,28,32)(H,29,31). The van der Waals surface area contributed by atoms with Crippen molar-refractivity contribution in [1.29, 1.82) is 0 Å². The zero-order valence-corrected chi connectivity index (χ0v) is 20.9. The number of benzene rings is 2. The summed E-state index contributed by atoms with van der Waals surface area (Å²) in [6, 6.07) is 12.1. The van der Waals surface area contributed by atoms with Gasteiger partial charge in [0.1, 0.15) is 17.2 Å². The number of carbonyl (C=O) groups is 2. The Kier molecular flexibility index (Phi) is 8.71. The van der Waals surface area contributed by atoms with Crippen molar-refractivity contribution in [2.45, 2.75) is 53.4 Å². The second-order valence-electron chi connectivity index (χ2n) is 8.42. The number of amides is 2. The summed E-state index contributed by atoms with van der Waals surface area (Å²) in [5, 5.41) is 17.9. The summed E-state index contributed by atoms with van der Waals surface area (Å²) in [7, 11) is 0. The Morgan fingerprint density at radius 2 is 1.68 bits per heavy atom.